The van der Waals surface area contributed by atoms with E-state index in [0.717, 1.165) is 0 Å². The second-order valence-electron chi connectivity index (χ2n) is 6.21. The fourth-order valence-electron chi connectivity index (χ4n) is 2.54. The van der Waals surface area contributed by atoms with Crippen molar-refractivity contribution < 1.29 is 14.3 Å². The fraction of sp³-hybridized carbons (Fsp3) is 0.333. The molecule has 0 atom stereocenters. The van der Waals surface area contributed by atoms with Crippen LogP contribution in [0.15, 0.2) is 48.5 Å². The number of hydrogen-bond donors (Lipinski definition) is 1. The number of urea groups is 1. The number of likely N-dealkylation sites (N-methyl/N-ethyl adjacent to an activating group) is 1. The number of halogens is 1. The molecule has 2 rings (SSSR count). The number of carbonyl (C=O) groups is 2. The highest BCUT2D eigenvalue weighted by Crippen LogP contribution is 2.15. The highest BCUT2D eigenvalue weighted by molar-refractivity contribution is 6.30. The van der Waals surface area contributed by atoms with Crippen LogP contribution in [0.25, 0.3) is 0 Å². The Kier molecular flexibility index (Phi) is 8.14. The van der Waals surface area contributed by atoms with E-state index in [0.29, 0.717) is 48.3 Å². The Hall–Kier alpha value is -2.73. The first-order chi connectivity index (χ1) is 13.4. The molecular weight excluding hydrogens is 378 g/mol. The summed E-state index contributed by atoms with van der Waals surface area (Å²) in [6, 6.07) is 13.7. The molecule has 7 heteroatoms. The molecule has 0 aliphatic heterocycles. The molecule has 0 aromatic heterocycles. The molecule has 0 unspecified atom stereocenters. The van der Waals surface area contributed by atoms with Gasteiger partial charge in [-0.25, -0.2) is 4.79 Å². The number of ether oxygens (including phenoxy) is 1. The first-order valence-corrected chi connectivity index (χ1v) is 9.62. The molecule has 0 aliphatic rings. The van der Waals surface area contributed by atoms with Gasteiger partial charge in [0.15, 0.2) is 0 Å². The largest absolute Gasteiger partial charge is 0.492 e. The lowest BCUT2D eigenvalue weighted by molar-refractivity contribution is 0.0773. The van der Waals surface area contributed by atoms with Gasteiger partial charge in [-0.15, -0.1) is 0 Å². The molecule has 2 aromatic carbocycles. The van der Waals surface area contributed by atoms with Crippen molar-refractivity contribution in [3.63, 3.8) is 0 Å². The summed E-state index contributed by atoms with van der Waals surface area (Å²) < 4.78 is 5.60. The fourth-order valence-corrected chi connectivity index (χ4v) is 2.67. The zero-order valence-corrected chi connectivity index (χ0v) is 17.2. The molecule has 1 N–H and O–H groups in total. The maximum Gasteiger partial charge on any atom is 0.321 e. The predicted octanol–water partition coefficient (Wildman–Crippen LogP) is 4.36. The van der Waals surface area contributed by atoms with Crippen LogP contribution in [0.1, 0.15) is 24.2 Å². The molecule has 28 heavy (non-hydrogen) atoms. The van der Waals surface area contributed by atoms with Crippen molar-refractivity contribution in [3.8, 4) is 5.75 Å². The highest BCUT2D eigenvalue weighted by Gasteiger charge is 2.13. The lowest BCUT2D eigenvalue weighted by atomic mass is 10.2. The van der Waals surface area contributed by atoms with Crippen LogP contribution in [0.2, 0.25) is 5.02 Å². The third kappa shape index (κ3) is 6.16. The van der Waals surface area contributed by atoms with Crippen LogP contribution in [-0.4, -0.2) is 55.0 Å². The van der Waals surface area contributed by atoms with Crippen molar-refractivity contribution in [2.45, 2.75) is 13.8 Å². The van der Waals surface area contributed by atoms with E-state index in [1.165, 1.54) is 4.90 Å². The summed E-state index contributed by atoms with van der Waals surface area (Å²) in [7, 11) is 1.69. The first-order valence-electron chi connectivity index (χ1n) is 9.24. The highest BCUT2D eigenvalue weighted by atomic mass is 35.5. The van der Waals surface area contributed by atoms with Gasteiger partial charge in [0, 0.05) is 36.4 Å². The number of nitrogens with one attached hydrogen (secondary N) is 1. The van der Waals surface area contributed by atoms with Crippen LogP contribution in [0, 0.1) is 0 Å². The maximum absolute atomic E-state index is 12.3. The molecule has 0 spiro atoms. The minimum Gasteiger partial charge on any atom is -0.492 e. The average Bonchev–Trinajstić information content (AvgIpc) is 2.70. The smallest absolute Gasteiger partial charge is 0.321 e. The molecule has 0 heterocycles. The summed E-state index contributed by atoms with van der Waals surface area (Å²) in [5, 5.41) is 3.46. The van der Waals surface area contributed by atoms with E-state index < -0.39 is 0 Å². The standard InChI is InChI=1S/C21H26ClN3O3/c1-4-25(5-2)20(26)16-6-10-18(11-7-16)23-21(27)24(3)14-15-28-19-12-8-17(22)9-13-19/h6-13H,4-5,14-15H2,1-3H3,(H,23,27). The van der Waals surface area contributed by atoms with Crippen LogP contribution in [0.4, 0.5) is 10.5 Å². The summed E-state index contributed by atoms with van der Waals surface area (Å²) in [5.74, 6) is 0.686. The summed E-state index contributed by atoms with van der Waals surface area (Å²) in [6.07, 6.45) is 0. The predicted molar refractivity (Wildman–Crippen MR) is 112 cm³/mol. The van der Waals surface area contributed by atoms with Crippen molar-refractivity contribution in [1.82, 2.24) is 9.80 Å². The topological polar surface area (TPSA) is 61.9 Å². The van der Waals surface area contributed by atoms with Crippen molar-refractivity contribution in [2.24, 2.45) is 0 Å². The van der Waals surface area contributed by atoms with Gasteiger partial charge in [0.25, 0.3) is 5.91 Å². The van der Waals surface area contributed by atoms with E-state index in [2.05, 4.69) is 5.32 Å². The van der Waals surface area contributed by atoms with Gasteiger partial charge < -0.3 is 19.9 Å². The third-order valence-electron chi connectivity index (χ3n) is 4.29. The minimum atomic E-state index is -0.248. The van der Waals surface area contributed by atoms with Crippen molar-refractivity contribution in [3.05, 3.63) is 59.1 Å². The number of benzene rings is 2. The van der Waals surface area contributed by atoms with Crippen LogP contribution in [-0.2, 0) is 0 Å². The van der Waals surface area contributed by atoms with Gasteiger partial charge in [0.1, 0.15) is 12.4 Å². The Morgan fingerprint density at radius 3 is 2.18 bits per heavy atom. The van der Waals surface area contributed by atoms with Gasteiger partial charge in [0.2, 0.25) is 0 Å². The molecule has 0 radical (unpaired) electrons. The Morgan fingerprint density at radius 2 is 1.61 bits per heavy atom. The molecule has 0 fully saturated rings. The van der Waals surface area contributed by atoms with Crippen molar-refractivity contribution in [2.75, 3.05) is 38.6 Å². The average molecular weight is 404 g/mol. The van der Waals surface area contributed by atoms with Gasteiger partial charge in [0.05, 0.1) is 6.54 Å². The molecule has 0 bridgehead atoms. The summed E-state index contributed by atoms with van der Waals surface area (Å²) in [4.78, 5) is 27.9. The van der Waals surface area contributed by atoms with Crippen molar-refractivity contribution in [1.29, 1.82) is 0 Å². The summed E-state index contributed by atoms with van der Waals surface area (Å²) >= 11 is 5.83. The SMILES string of the molecule is CCN(CC)C(=O)c1ccc(NC(=O)N(C)CCOc2ccc(Cl)cc2)cc1. The lowest BCUT2D eigenvalue weighted by Crippen LogP contribution is -2.34. The Bertz CT molecular complexity index is 774. The number of amides is 3. The third-order valence-corrected chi connectivity index (χ3v) is 4.54. The van der Waals surface area contributed by atoms with Gasteiger partial charge >= 0.3 is 6.03 Å². The number of rotatable bonds is 8. The quantitative estimate of drug-likeness (QED) is 0.712. The molecule has 0 saturated heterocycles. The molecular formula is C21H26ClN3O3. The molecule has 150 valence electrons. The number of anilines is 1. The van der Waals surface area contributed by atoms with E-state index in [-0.39, 0.29) is 11.9 Å². The van der Waals surface area contributed by atoms with E-state index in [1.807, 2.05) is 13.8 Å². The van der Waals surface area contributed by atoms with Gasteiger partial charge in [-0.1, -0.05) is 11.6 Å². The minimum absolute atomic E-state index is 0.0145. The van der Waals surface area contributed by atoms with E-state index in [4.69, 9.17) is 16.3 Å². The molecule has 3 amide bonds. The number of carbonyl (C=O) groups excluding carboxylic acids is 2. The zero-order chi connectivity index (χ0) is 20.5. The van der Waals surface area contributed by atoms with Crippen LogP contribution >= 0.6 is 11.6 Å². The monoisotopic (exact) mass is 403 g/mol. The van der Waals surface area contributed by atoms with Gasteiger partial charge in [-0.3, -0.25) is 4.79 Å². The van der Waals surface area contributed by atoms with E-state index in [9.17, 15) is 9.59 Å². The normalized spacial score (nSPS) is 10.3. The first kappa shape index (κ1) is 21.6. The molecule has 6 nitrogen and oxygen atoms in total. The van der Waals surface area contributed by atoms with Crippen LogP contribution in [0.5, 0.6) is 5.75 Å². The van der Waals surface area contributed by atoms with Crippen LogP contribution in [0.3, 0.4) is 0 Å². The Morgan fingerprint density at radius 1 is 1.00 bits per heavy atom. The molecule has 2 aromatic rings. The van der Waals surface area contributed by atoms with Gasteiger partial charge in [-0.05, 0) is 62.4 Å². The zero-order valence-electron chi connectivity index (χ0n) is 16.4. The van der Waals surface area contributed by atoms with Crippen molar-refractivity contribution >= 4 is 29.2 Å². The van der Waals surface area contributed by atoms with E-state index >= 15 is 0 Å². The second kappa shape index (κ2) is 10.6. The molecule has 0 saturated carbocycles. The summed E-state index contributed by atoms with van der Waals surface area (Å²) in [6.45, 7) is 6.01. The van der Waals surface area contributed by atoms with Crippen LogP contribution < -0.4 is 10.1 Å². The second-order valence-corrected chi connectivity index (χ2v) is 6.65. The molecule has 0 aliphatic carbocycles. The number of hydrogen-bond acceptors (Lipinski definition) is 3. The maximum atomic E-state index is 12.3. The lowest BCUT2D eigenvalue weighted by Gasteiger charge is -2.20. The Labute approximate surface area is 171 Å². The summed E-state index contributed by atoms with van der Waals surface area (Å²) in [5.41, 5.74) is 1.23. The van der Waals surface area contributed by atoms with Gasteiger partial charge in [-0.2, -0.15) is 0 Å². The van der Waals surface area contributed by atoms with E-state index in [1.54, 1.807) is 60.5 Å². The Balaban J connectivity index is 1.82. The number of nitrogens with zero attached hydrogens (tertiary/aromatic N) is 2.